The molecule has 3 rings (SSSR count). The van der Waals surface area contributed by atoms with E-state index in [0.717, 1.165) is 36.3 Å². The number of hydrogen-bond donors (Lipinski definition) is 1. The zero-order chi connectivity index (χ0) is 15.0. The Kier molecular flexibility index (Phi) is 3.85. The fourth-order valence-corrected chi connectivity index (χ4v) is 3.69. The molecule has 2 aliphatic heterocycles. The van der Waals surface area contributed by atoms with Gasteiger partial charge in [0.05, 0.1) is 25.6 Å². The van der Waals surface area contributed by atoms with E-state index in [9.17, 15) is 0 Å². The van der Waals surface area contributed by atoms with Gasteiger partial charge in [-0.1, -0.05) is 0 Å². The summed E-state index contributed by atoms with van der Waals surface area (Å²) < 4.78 is 10.7. The van der Waals surface area contributed by atoms with Crippen LogP contribution in [-0.2, 0) is 0 Å². The Labute approximate surface area is 126 Å². The van der Waals surface area contributed by atoms with E-state index in [2.05, 4.69) is 16.8 Å². The third-order valence-corrected chi connectivity index (χ3v) is 5.02. The second kappa shape index (κ2) is 5.64. The third-order valence-electron chi connectivity index (χ3n) is 5.02. The van der Waals surface area contributed by atoms with Crippen molar-refractivity contribution < 1.29 is 9.47 Å². The number of rotatable bonds is 3. The van der Waals surface area contributed by atoms with Crippen LogP contribution in [0.15, 0.2) is 12.1 Å². The van der Waals surface area contributed by atoms with E-state index in [0.29, 0.717) is 11.8 Å². The number of fused-ring (bicyclic) bond motifs is 2. The van der Waals surface area contributed by atoms with Crippen molar-refractivity contribution in [3.8, 4) is 11.5 Å². The summed E-state index contributed by atoms with van der Waals surface area (Å²) in [5, 5.41) is 0. The number of ether oxygens (including phenoxy) is 2. The Balaban J connectivity index is 1.89. The second-order valence-electron chi connectivity index (χ2n) is 6.05. The van der Waals surface area contributed by atoms with E-state index < -0.39 is 0 Å². The summed E-state index contributed by atoms with van der Waals surface area (Å²) in [5.74, 6) is 1.43. The zero-order valence-electron chi connectivity index (χ0n) is 13.1. The minimum Gasteiger partial charge on any atom is -0.493 e. The predicted molar refractivity (Wildman–Crippen MR) is 85.4 cm³/mol. The molecule has 2 N–H and O–H groups in total. The highest BCUT2D eigenvalue weighted by Crippen LogP contribution is 2.39. The van der Waals surface area contributed by atoms with Crippen LogP contribution in [0, 0.1) is 0 Å². The van der Waals surface area contributed by atoms with Gasteiger partial charge in [-0.25, -0.2) is 0 Å². The van der Waals surface area contributed by atoms with Crippen molar-refractivity contribution in [1.82, 2.24) is 4.90 Å². The normalized spacial score (nSPS) is 25.8. The molecule has 2 unspecified atom stereocenters. The molecule has 21 heavy (non-hydrogen) atoms. The van der Waals surface area contributed by atoms with Crippen molar-refractivity contribution in [2.75, 3.05) is 45.0 Å². The molecule has 2 heterocycles. The van der Waals surface area contributed by atoms with Crippen molar-refractivity contribution in [2.45, 2.75) is 31.3 Å². The minimum atomic E-state index is 0.630. The summed E-state index contributed by atoms with van der Waals surface area (Å²) in [4.78, 5) is 4.94. The molecule has 2 bridgehead atoms. The van der Waals surface area contributed by atoms with Crippen LogP contribution < -0.4 is 20.1 Å². The number of likely N-dealkylation sites (N-methyl/N-ethyl adjacent to an activating group) is 1. The Morgan fingerprint density at radius 2 is 1.71 bits per heavy atom. The summed E-state index contributed by atoms with van der Waals surface area (Å²) in [6.07, 6.45) is 3.81. The lowest BCUT2D eigenvalue weighted by Gasteiger charge is -2.29. The molecule has 0 saturated carbocycles. The van der Waals surface area contributed by atoms with E-state index in [-0.39, 0.29) is 0 Å². The number of benzene rings is 1. The van der Waals surface area contributed by atoms with Gasteiger partial charge in [0, 0.05) is 37.3 Å². The molecule has 1 aromatic carbocycles. The van der Waals surface area contributed by atoms with E-state index >= 15 is 0 Å². The molecule has 2 fully saturated rings. The zero-order valence-corrected chi connectivity index (χ0v) is 13.1. The highest BCUT2D eigenvalue weighted by atomic mass is 16.5. The highest BCUT2D eigenvalue weighted by molar-refractivity contribution is 5.73. The lowest BCUT2D eigenvalue weighted by Crippen LogP contribution is -2.36. The molecule has 1 aromatic rings. The number of nitrogen functional groups attached to an aromatic ring is 1. The van der Waals surface area contributed by atoms with Crippen LogP contribution in [-0.4, -0.2) is 51.3 Å². The van der Waals surface area contributed by atoms with Gasteiger partial charge < -0.3 is 20.1 Å². The van der Waals surface area contributed by atoms with Gasteiger partial charge in [-0.3, -0.25) is 4.90 Å². The first-order valence-electron chi connectivity index (χ1n) is 7.62. The monoisotopic (exact) mass is 291 g/mol. The number of hydrogen-bond acceptors (Lipinski definition) is 5. The lowest BCUT2D eigenvalue weighted by molar-refractivity contribution is 0.254. The molecule has 0 amide bonds. The molecule has 0 aromatic heterocycles. The van der Waals surface area contributed by atoms with Crippen LogP contribution in [0.2, 0.25) is 0 Å². The predicted octanol–water partition coefficient (Wildman–Crippen LogP) is 1.96. The summed E-state index contributed by atoms with van der Waals surface area (Å²) in [7, 11) is 5.55. The average molecular weight is 291 g/mol. The van der Waals surface area contributed by atoms with Crippen molar-refractivity contribution >= 4 is 11.4 Å². The number of nitrogens with zero attached hydrogens (tertiary/aromatic N) is 2. The van der Waals surface area contributed by atoms with Crippen LogP contribution in [0.3, 0.4) is 0 Å². The van der Waals surface area contributed by atoms with Crippen LogP contribution in [0.5, 0.6) is 11.5 Å². The van der Waals surface area contributed by atoms with Crippen molar-refractivity contribution in [3.05, 3.63) is 12.1 Å². The van der Waals surface area contributed by atoms with Crippen LogP contribution in [0.25, 0.3) is 0 Å². The summed E-state index contributed by atoms with van der Waals surface area (Å²) >= 11 is 0. The van der Waals surface area contributed by atoms with Crippen LogP contribution in [0.4, 0.5) is 11.4 Å². The van der Waals surface area contributed by atoms with Gasteiger partial charge in [-0.2, -0.15) is 0 Å². The van der Waals surface area contributed by atoms with Gasteiger partial charge >= 0.3 is 0 Å². The molecular formula is C16H25N3O2. The highest BCUT2D eigenvalue weighted by Gasteiger charge is 2.35. The van der Waals surface area contributed by atoms with Crippen LogP contribution >= 0.6 is 0 Å². The summed E-state index contributed by atoms with van der Waals surface area (Å²) in [6, 6.07) is 5.22. The van der Waals surface area contributed by atoms with Gasteiger partial charge in [0.1, 0.15) is 0 Å². The van der Waals surface area contributed by atoms with Gasteiger partial charge in [0.25, 0.3) is 0 Å². The molecule has 116 valence electrons. The van der Waals surface area contributed by atoms with Crippen molar-refractivity contribution in [2.24, 2.45) is 0 Å². The van der Waals surface area contributed by atoms with E-state index in [1.54, 1.807) is 14.2 Å². The van der Waals surface area contributed by atoms with Gasteiger partial charge in [0.2, 0.25) is 0 Å². The fourth-order valence-electron chi connectivity index (χ4n) is 3.69. The molecule has 0 spiro atoms. The van der Waals surface area contributed by atoms with Gasteiger partial charge in [0.15, 0.2) is 11.5 Å². The second-order valence-corrected chi connectivity index (χ2v) is 6.05. The van der Waals surface area contributed by atoms with Crippen molar-refractivity contribution in [1.29, 1.82) is 0 Å². The molecule has 0 aliphatic carbocycles. The molecule has 2 atom stereocenters. The number of methoxy groups -OCH3 is 2. The van der Waals surface area contributed by atoms with E-state index in [1.807, 2.05) is 12.1 Å². The number of nitrogens with two attached hydrogens (primary N) is 1. The standard InChI is InChI=1S/C16H25N3O2/c1-18-11-4-5-12(18)10-19(7-6-11)14-9-16(21-3)15(20-2)8-13(14)17/h8-9,11-12H,4-7,10,17H2,1-3H3. The third kappa shape index (κ3) is 2.50. The maximum Gasteiger partial charge on any atom is 0.162 e. The Bertz CT molecular complexity index is 520. The smallest absolute Gasteiger partial charge is 0.162 e. The Hall–Kier alpha value is -1.62. The summed E-state index contributed by atoms with van der Waals surface area (Å²) in [5.41, 5.74) is 8.07. The molecule has 0 radical (unpaired) electrons. The molecule has 5 heteroatoms. The minimum absolute atomic E-state index is 0.630. The first kappa shape index (κ1) is 14.3. The summed E-state index contributed by atoms with van der Waals surface area (Å²) in [6.45, 7) is 2.08. The maximum absolute atomic E-state index is 6.24. The largest absolute Gasteiger partial charge is 0.493 e. The van der Waals surface area contributed by atoms with E-state index in [1.165, 1.54) is 19.3 Å². The molecule has 5 nitrogen and oxygen atoms in total. The molecular weight excluding hydrogens is 266 g/mol. The quantitative estimate of drug-likeness (QED) is 0.863. The molecule has 2 saturated heterocycles. The van der Waals surface area contributed by atoms with Crippen LogP contribution in [0.1, 0.15) is 19.3 Å². The topological polar surface area (TPSA) is 51.0 Å². The van der Waals surface area contributed by atoms with Gasteiger partial charge in [-0.05, 0) is 26.3 Å². The average Bonchev–Trinajstić information content (AvgIpc) is 2.72. The number of anilines is 2. The van der Waals surface area contributed by atoms with E-state index in [4.69, 9.17) is 15.2 Å². The lowest BCUT2D eigenvalue weighted by atomic mass is 10.1. The molecule has 2 aliphatic rings. The van der Waals surface area contributed by atoms with Crippen molar-refractivity contribution in [3.63, 3.8) is 0 Å². The van der Waals surface area contributed by atoms with Gasteiger partial charge in [-0.15, -0.1) is 0 Å². The SMILES string of the molecule is COc1cc(N)c(N2CCC3CCC(C2)N3C)cc1OC. The Morgan fingerprint density at radius 3 is 2.43 bits per heavy atom. The Morgan fingerprint density at radius 1 is 1.05 bits per heavy atom. The maximum atomic E-state index is 6.24. The first-order valence-corrected chi connectivity index (χ1v) is 7.62. The fraction of sp³-hybridized carbons (Fsp3) is 0.625. The first-order chi connectivity index (χ1) is 10.1.